The van der Waals surface area contributed by atoms with Crippen LogP contribution >= 0.6 is 0 Å². The van der Waals surface area contributed by atoms with Crippen LogP contribution in [0, 0.1) is 0 Å². The lowest BCUT2D eigenvalue weighted by Crippen LogP contribution is -2.48. The first-order valence-electron chi connectivity index (χ1n) is 5.53. The zero-order valence-corrected chi connectivity index (χ0v) is 11.4. The van der Waals surface area contributed by atoms with E-state index in [9.17, 15) is 13.2 Å². The highest BCUT2D eigenvalue weighted by molar-refractivity contribution is 7.90. The monoisotopic (exact) mass is 266 g/mol. The van der Waals surface area contributed by atoms with Gasteiger partial charge in [-0.25, -0.2) is 8.42 Å². The number of amides is 1. The van der Waals surface area contributed by atoms with Crippen LogP contribution in [0.1, 0.15) is 20.3 Å². The van der Waals surface area contributed by atoms with Gasteiger partial charge >= 0.3 is 0 Å². The standard InChI is InChI=1S/C10H22N2O4S/c1-8(2)12(5-6-13)10(14)9(11)4-7-17(3,15)16/h8-9,13H,4-7,11H2,1-3H3. The van der Waals surface area contributed by atoms with E-state index in [2.05, 4.69) is 0 Å². The third-order valence-corrected chi connectivity index (χ3v) is 3.34. The fourth-order valence-electron chi connectivity index (χ4n) is 1.41. The second-order valence-corrected chi connectivity index (χ2v) is 6.63. The predicted octanol–water partition coefficient (Wildman–Crippen LogP) is -1.02. The molecule has 0 fully saturated rings. The molecule has 0 rings (SSSR count). The number of sulfone groups is 1. The van der Waals surface area contributed by atoms with Crippen molar-refractivity contribution < 1.29 is 18.3 Å². The van der Waals surface area contributed by atoms with Crippen molar-refractivity contribution in [3.05, 3.63) is 0 Å². The van der Waals surface area contributed by atoms with Crippen LogP contribution < -0.4 is 5.73 Å². The van der Waals surface area contributed by atoms with E-state index in [4.69, 9.17) is 10.8 Å². The Labute approximate surface area is 103 Å². The van der Waals surface area contributed by atoms with Crippen LogP contribution in [0.3, 0.4) is 0 Å². The molecule has 0 aliphatic carbocycles. The zero-order valence-electron chi connectivity index (χ0n) is 10.6. The molecule has 0 saturated heterocycles. The average Bonchev–Trinajstić information content (AvgIpc) is 2.20. The van der Waals surface area contributed by atoms with E-state index in [1.165, 1.54) is 4.90 Å². The van der Waals surface area contributed by atoms with Crippen LogP contribution in [0.4, 0.5) is 0 Å². The van der Waals surface area contributed by atoms with Crippen LogP contribution in [0.25, 0.3) is 0 Å². The highest BCUT2D eigenvalue weighted by Gasteiger charge is 2.23. The molecule has 102 valence electrons. The van der Waals surface area contributed by atoms with Crippen molar-refractivity contribution in [1.29, 1.82) is 0 Å². The summed E-state index contributed by atoms with van der Waals surface area (Å²) < 4.78 is 21.9. The molecule has 0 spiro atoms. The Morgan fingerprint density at radius 1 is 1.41 bits per heavy atom. The number of rotatable bonds is 7. The maximum absolute atomic E-state index is 11.9. The second-order valence-electron chi connectivity index (χ2n) is 4.37. The summed E-state index contributed by atoms with van der Waals surface area (Å²) in [4.78, 5) is 13.3. The largest absolute Gasteiger partial charge is 0.395 e. The molecule has 0 aromatic heterocycles. The molecule has 1 amide bonds. The summed E-state index contributed by atoms with van der Waals surface area (Å²) in [5.74, 6) is -0.428. The quantitative estimate of drug-likeness (QED) is 0.614. The molecular formula is C10H22N2O4S. The maximum Gasteiger partial charge on any atom is 0.239 e. The van der Waals surface area contributed by atoms with Gasteiger partial charge in [-0.15, -0.1) is 0 Å². The lowest BCUT2D eigenvalue weighted by molar-refractivity contribution is -0.134. The number of carbonyl (C=O) groups is 1. The van der Waals surface area contributed by atoms with Crippen molar-refractivity contribution in [2.75, 3.05) is 25.2 Å². The van der Waals surface area contributed by atoms with E-state index >= 15 is 0 Å². The van der Waals surface area contributed by atoms with Gasteiger partial charge in [0.1, 0.15) is 9.84 Å². The minimum absolute atomic E-state index is 0.0704. The van der Waals surface area contributed by atoms with Crippen molar-refractivity contribution in [2.45, 2.75) is 32.4 Å². The zero-order chi connectivity index (χ0) is 13.6. The van der Waals surface area contributed by atoms with Gasteiger partial charge in [0.15, 0.2) is 0 Å². The van der Waals surface area contributed by atoms with Gasteiger partial charge in [0, 0.05) is 18.8 Å². The molecule has 3 N–H and O–H groups in total. The van der Waals surface area contributed by atoms with E-state index < -0.39 is 15.9 Å². The predicted molar refractivity (Wildman–Crippen MR) is 66.2 cm³/mol. The van der Waals surface area contributed by atoms with Crippen LogP contribution in [0.2, 0.25) is 0 Å². The third kappa shape index (κ3) is 6.60. The topological polar surface area (TPSA) is 101 Å². The molecule has 0 saturated carbocycles. The Balaban J connectivity index is 4.45. The molecule has 1 atom stereocenters. The fraction of sp³-hybridized carbons (Fsp3) is 0.900. The number of carbonyl (C=O) groups excluding carboxylic acids is 1. The Morgan fingerprint density at radius 3 is 2.29 bits per heavy atom. The van der Waals surface area contributed by atoms with Gasteiger partial charge in [0.05, 0.1) is 18.4 Å². The van der Waals surface area contributed by atoms with Crippen LogP contribution in [0.5, 0.6) is 0 Å². The van der Waals surface area contributed by atoms with E-state index in [1.807, 2.05) is 13.8 Å². The molecule has 17 heavy (non-hydrogen) atoms. The van der Waals surface area contributed by atoms with Gasteiger partial charge in [0.2, 0.25) is 5.91 Å². The van der Waals surface area contributed by atoms with Gasteiger partial charge in [-0.3, -0.25) is 4.79 Å². The number of nitrogens with zero attached hydrogens (tertiary/aromatic N) is 1. The Kier molecular flexibility index (Phi) is 6.66. The van der Waals surface area contributed by atoms with Crippen LogP contribution in [-0.2, 0) is 14.6 Å². The molecule has 0 aromatic carbocycles. The second kappa shape index (κ2) is 6.93. The third-order valence-electron chi connectivity index (χ3n) is 2.36. The van der Waals surface area contributed by atoms with Gasteiger partial charge in [-0.1, -0.05) is 0 Å². The molecule has 0 aliphatic rings. The fourth-order valence-corrected chi connectivity index (χ4v) is 2.09. The smallest absolute Gasteiger partial charge is 0.239 e. The van der Waals surface area contributed by atoms with Crippen molar-refractivity contribution in [3.8, 4) is 0 Å². The van der Waals surface area contributed by atoms with Gasteiger partial charge < -0.3 is 15.7 Å². The number of aliphatic hydroxyl groups excluding tert-OH is 1. The molecule has 0 aromatic rings. The molecular weight excluding hydrogens is 244 g/mol. The minimum Gasteiger partial charge on any atom is -0.395 e. The van der Waals surface area contributed by atoms with Crippen molar-refractivity contribution in [1.82, 2.24) is 4.90 Å². The summed E-state index contributed by atoms with van der Waals surface area (Å²) in [5.41, 5.74) is 5.66. The maximum atomic E-state index is 11.9. The molecule has 0 aliphatic heterocycles. The van der Waals surface area contributed by atoms with Crippen LogP contribution in [0.15, 0.2) is 0 Å². The first-order chi connectivity index (χ1) is 7.69. The van der Waals surface area contributed by atoms with Gasteiger partial charge in [0.25, 0.3) is 0 Å². The summed E-state index contributed by atoms with van der Waals surface area (Å²) in [6.45, 7) is 3.71. The SMILES string of the molecule is CC(C)N(CCO)C(=O)C(N)CCS(C)(=O)=O. The average molecular weight is 266 g/mol. The minimum atomic E-state index is -3.11. The van der Waals surface area contributed by atoms with Crippen molar-refractivity contribution >= 4 is 15.7 Å². The van der Waals surface area contributed by atoms with Gasteiger partial charge in [-0.05, 0) is 20.3 Å². The summed E-state index contributed by atoms with van der Waals surface area (Å²) in [6.07, 6.45) is 1.21. The summed E-state index contributed by atoms with van der Waals surface area (Å²) >= 11 is 0. The molecule has 0 bridgehead atoms. The molecule has 6 nitrogen and oxygen atoms in total. The van der Waals surface area contributed by atoms with E-state index in [-0.39, 0.29) is 37.3 Å². The number of hydrogen-bond donors (Lipinski definition) is 2. The Bertz CT molecular complexity index is 340. The molecule has 7 heteroatoms. The summed E-state index contributed by atoms with van der Waals surface area (Å²) in [6, 6.07) is -0.905. The van der Waals surface area contributed by atoms with Crippen molar-refractivity contribution in [2.24, 2.45) is 5.73 Å². The lowest BCUT2D eigenvalue weighted by Gasteiger charge is -2.28. The van der Waals surface area contributed by atoms with E-state index in [0.29, 0.717) is 0 Å². The number of aliphatic hydroxyl groups is 1. The van der Waals surface area contributed by atoms with Gasteiger partial charge in [-0.2, -0.15) is 0 Å². The van der Waals surface area contributed by atoms with Crippen molar-refractivity contribution in [3.63, 3.8) is 0 Å². The highest BCUT2D eigenvalue weighted by Crippen LogP contribution is 2.04. The summed E-state index contributed by atoms with van der Waals surface area (Å²) in [5, 5.41) is 8.84. The number of nitrogens with two attached hydrogens (primary N) is 1. The normalized spacial score (nSPS) is 13.8. The highest BCUT2D eigenvalue weighted by atomic mass is 32.2. The molecule has 1 unspecified atom stereocenters. The summed E-state index contributed by atoms with van der Waals surface area (Å²) in [7, 11) is -3.11. The Morgan fingerprint density at radius 2 is 1.94 bits per heavy atom. The van der Waals surface area contributed by atoms with E-state index in [0.717, 1.165) is 6.26 Å². The van der Waals surface area contributed by atoms with E-state index in [1.54, 1.807) is 0 Å². The lowest BCUT2D eigenvalue weighted by atomic mass is 10.2. The molecule has 0 heterocycles. The number of hydrogen-bond acceptors (Lipinski definition) is 5. The first-order valence-corrected chi connectivity index (χ1v) is 7.59. The Hall–Kier alpha value is -0.660. The van der Waals surface area contributed by atoms with Crippen LogP contribution in [-0.4, -0.2) is 61.6 Å². The first kappa shape index (κ1) is 16.3. The molecule has 0 radical (unpaired) electrons.